The van der Waals surface area contributed by atoms with Crippen LogP contribution < -0.4 is 4.74 Å². The smallest absolute Gasteiger partial charge is 0.269 e. The van der Waals surface area contributed by atoms with E-state index in [1.54, 1.807) is 19.2 Å². The molecular weight excluding hydrogens is 450 g/mol. The summed E-state index contributed by atoms with van der Waals surface area (Å²) in [7, 11) is 1.63. The van der Waals surface area contributed by atoms with Crippen molar-refractivity contribution in [3.8, 4) is 34.0 Å². The molecule has 0 aliphatic rings. The average Bonchev–Trinajstić information content (AvgIpc) is 3.32. The van der Waals surface area contributed by atoms with Gasteiger partial charge in [0.2, 0.25) is 0 Å². The summed E-state index contributed by atoms with van der Waals surface area (Å²) in [4.78, 5) is 15.6. The van der Waals surface area contributed by atoms with E-state index >= 15 is 0 Å². The number of nitro benzene ring substituents is 1. The summed E-state index contributed by atoms with van der Waals surface area (Å²) >= 11 is 0. The molecule has 4 aromatic carbocycles. The number of hydrogen-bond donors (Lipinski definition) is 0. The van der Waals surface area contributed by atoms with Crippen molar-refractivity contribution in [2.24, 2.45) is 4.99 Å². The Morgan fingerprint density at radius 1 is 0.806 bits per heavy atom. The van der Waals surface area contributed by atoms with Gasteiger partial charge in [0.15, 0.2) is 0 Å². The van der Waals surface area contributed by atoms with E-state index in [4.69, 9.17) is 9.73 Å². The van der Waals surface area contributed by atoms with Gasteiger partial charge in [0, 0.05) is 35.7 Å². The Hall–Kier alpha value is -4.97. The zero-order valence-electron chi connectivity index (χ0n) is 19.6. The van der Waals surface area contributed by atoms with E-state index in [2.05, 4.69) is 34.9 Å². The Kier molecular flexibility index (Phi) is 6.40. The molecule has 0 N–H and O–H groups in total. The van der Waals surface area contributed by atoms with Crippen molar-refractivity contribution in [2.45, 2.75) is 0 Å². The highest BCUT2D eigenvalue weighted by molar-refractivity contribution is 5.94. The van der Waals surface area contributed by atoms with Crippen LogP contribution in [-0.4, -0.2) is 22.8 Å². The van der Waals surface area contributed by atoms with E-state index in [1.807, 2.05) is 66.9 Å². The topological polar surface area (TPSA) is 69.7 Å². The molecule has 0 aliphatic heterocycles. The first-order valence-corrected chi connectivity index (χ1v) is 11.4. The number of aliphatic imine (C=N–C) groups is 1. The molecule has 0 radical (unpaired) electrons. The molecule has 0 unspecified atom stereocenters. The van der Waals surface area contributed by atoms with Gasteiger partial charge in [0.25, 0.3) is 5.69 Å². The van der Waals surface area contributed by atoms with Gasteiger partial charge in [-0.1, -0.05) is 66.7 Å². The normalized spacial score (nSPS) is 11.0. The molecule has 6 heteroatoms. The second-order valence-electron chi connectivity index (χ2n) is 8.13. The van der Waals surface area contributed by atoms with Crippen LogP contribution in [0.1, 0.15) is 5.56 Å². The average molecular weight is 474 g/mol. The predicted octanol–water partition coefficient (Wildman–Crippen LogP) is 7.48. The SMILES string of the molecule is COc1cccc(N=Cc2cc(-c3ccccc3)n(-c3ccc([N+](=O)[O-])cc3)c2-c2ccccc2)c1. The molecule has 5 aromatic rings. The number of aromatic nitrogens is 1. The molecule has 0 atom stereocenters. The molecule has 36 heavy (non-hydrogen) atoms. The third-order valence-electron chi connectivity index (χ3n) is 5.87. The Labute approximate surface area is 208 Å². The maximum absolute atomic E-state index is 11.3. The molecule has 0 fully saturated rings. The lowest BCUT2D eigenvalue weighted by Crippen LogP contribution is -2.01. The molecule has 0 aliphatic carbocycles. The lowest BCUT2D eigenvalue weighted by atomic mass is 10.1. The number of non-ortho nitro benzene ring substituents is 1. The molecule has 5 rings (SSSR count). The lowest BCUT2D eigenvalue weighted by molar-refractivity contribution is -0.384. The van der Waals surface area contributed by atoms with Gasteiger partial charge in [-0.3, -0.25) is 15.1 Å². The van der Waals surface area contributed by atoms with E-state index < -0.39 is 0 Å². The minimum atomic E-state index is -0.387. The quantitative estimate of drug-likeness (QED) is 0.140. The first kappa shape index (κ1) is 22.8. The number of methoxy groups -OCH3 is 1. The maximum Gasteiger partial charge on any atom is 0.269 e. The van der Waals surface area contributed by atoms with Crippen LogP contribution in [0.25, 0.3) is 28.2 Å². The van der Waals surface area contributed by atoms with Crippen LogP contribution in [0.2, 0.25) is 0 Å². The minimum Gasteiger partial charge on any atom is -0.497 e. The first-order chi connectivity index (χ1) is 17.6. The van der Waals surface area contributed by atoms with E-state index in [-0.39, 0.29) is 10.6 Å². The van der Waals surface area contributed by atoms with Gasteiger partial charge in [-0.05, 0) is 41.5 Å². The molecule has 0 bridgehead atoms. The van der Waals surface area contributed by atoms with Gasteiger partial charge in [0.05, 0.1) is 29.1 Å². The van der Waals surface area contributed by atoms with Gasteiger partial charge in [-0.25, -0.2) is 0 Å². The monoisotopic (exact) mass is 473 g/mol. The molecule has 0 spiro atoms. The molecule has 0 amide bonds. The van der Waals surface area contributed by atoms with Gasteiger partial charge in [-0.2, -0.15) is 0 Å². The van der Waals surface area contributed by atoms with E-state index in [1.165, 1.54) is 12.1 Å². The summed E-state index contributed by atoms with van der Waals surface area (Å²) in [6.07, 6.45) is 1.85. The molecule has 1 aromatic heterocycles. The standard InChI is InChI=1S/C30H23N3O3/c1-36-28-14-8-13-25(20-28)31-21-24-19-29(22-9-4-2-5-10-22)32(30(24)23-11-6-3-7-12-23)26-15-17-27(18-16-26)33(34)35/h2-21H,1H3. The van der Waals surface area contributed by atoms with Crippen molar-refractivity contribution in [2.75, 3.05) is 7.11 Å². The number of rotatable bonds is 7. The van der Waals surface area contributed by atoms with Crippen molar-refractivity contribution in [1.29, 1.82) is 0 Å². The Morgan fingerprint density at radius 2 is 1.47 bits per heavy atom. The van der Waals surface area contributed by atoms with Crippen LogP contribution in [0.4, 0.5) is 11.4 Å². The van der Waals surface area contributed by atoms with Gasteiger partial charge >= 0.3 is 0 Å². The summed E-state index contributed by atoms with van der Waals surface area (Å²) in [5.41, 5.74) is 6.48. The molecule has 6 nitrogen and oxygen atoms in total. The summed E-state index contributed by atoms with van der Waals surface area (Å²) in [6, 6.07) is 36.4. The predicted molar refractivity (Wildman–Crippen MR) is 144 cm³/mol. The highest BCUT2D eigenvalue weighted by Gasteiger charge is 2.19. The summed E-state index contributed by atoms with van der Waals surface area (Å²) in [5.74, 6) is 0.737. The van der Waals surface area contributed by atoms with Crippen LogP contribution >= 0.6 is 0 Å². The van der Waals surface area contributed by atoms with Crippen LogP contribution in [-0.2, 0) is 0 Å². The molecular formula is C30H23N3O3. The van der Waals surface area contributed by atoms with E-state index in [9.17, 15) is 10.1 Å². The first-order valence-electron chi connectivity index (χ1n) is 11.4. The summed E-state index contributed by atoms with van der Waals surface area (Å²) in [6.45, 7) is 0. The maximum atomic E-state index is 11.3. The highest BCUT2D eigenvalue weighted by atomic mass is 16.6. The summed E-state index contributed by atoms with van der Waals surface area (Å²) in [5, 5.41) is 11.3. The van der Waals surface area contributed by atoms with Crippen LogP contribution in [0.3, 0.4) is 0 Å². The van der Waals surface area contributed by atoms with Crippen molar-refractivity contribution in [1.82, 2.24) is 4.57 Å². The Bertz CT molecular complexity index is 1520. The molecule has 0 saturated heterocycles. The minimum absolute atomic E-state index is 0.0493. The molecule has 0 saturated carbocycles. The largest absolute Gasteiger partial charge is 0.497 e. The van der Waals surface area contributed by atoms with Crippen molar-refractivity contribution in [3.05, 3.63) is 131 Å². The fourth-order valence-corrected chi connectivity index (χ4v) is 4.17. The Morgan fingerprint density at radius 3 is 2.11 bits per heavy atom. The third kappa shape index (κ3) is 4.65. The number of hydrogen-bond acceptors (Lipinski definition) is 4. The lowest BCUT2D eigenvalue weighted by Gasteiger charge is -2.15. The van der Waals surface area contributed by atoms with Crippen LogP contribution in [0, 0.1) is 10.1 Å². The Balaban J connectivity index is 1.75. The number of ether oxygens (including phenoxy) is 1. The van der Waals surface area contributed by atoms with Gasteiger partial charge in [-0.15, -0.1) is 0 Å². The number of benzene rings is 4. The molecule has 1 heterocycles. The fraction of sp³-hybridized carbons (Fsp3) is 0.0333. The van der Waals surface area contributed by atoms with Crippen molar-refractivity contribution in [3.63, 3.8) is 0 Å². The number of nitro groups is 1. The van der Waals surface area contributed by atoms with Crippen LogP contribution in [0.5, 0.6) is 5.75 Å². The fourth-order valence-electron chi connectivity index (χ4n) is 4.17. The van der Waals surface area contributed by atoms with Gasteiger partial charge in [0.1, 0.15) is 5.75 Å². The molecule has 176 valence electrons. The zero-order chi connectivity index (χ0) is 24.9. The second-order valence-corrected chi connectivity index (χ2v) is 8.13. The zero-order valence-corrected chi connectivity index (χ0v) is 19.6. The summed E-state index contributed by atoms with van der Waals surface area (Å²) < 4.78 is 7.47. The number of nitrogens with zero attached hydrogens (tertiary/aromatic N) is 3. The van der Waals surface area contributed by atoms with Crippen LogP contribution in [0.15, 0.2) is 120 Å². The van der Waals surface area contributed by atoms with E-state index in [0.29, 0.717) is 0 Å². The van der Waals surface area contributed by atoms with E-state index in [0.717, 1.165) is 45.2 Å². The van der Waals surface area contributed by atoms with Crippen molar-refractivity contribution >= 4 is 17.6 Å². The van der Waals surface area contributed by atoms with Gasteiger partial charge < -0.3 is 9.30 Å². The second kappa shape index (κ2) is 10.1. The van der Waals surface area contributed by atoms with Crippen molar-refractivity contribution < 1.29 is 9.66 Å². The highest BCUT2D eigenvalue weighted by Crippen LogP contribution is 2.36. The third-order valence-corrected chi connectivity index (χ3v) is 5.87.